The van der Waals surface area contributed by atoms with Crippen LogP contribution in [0.25, 0.3) is 0 Å². The lowest BCUT2D eigenvalue weighted by atomic mass is 9.68. The van der Waals surface area contributed by atoms with E-state index in [9.17, 15) is 0 Å². The maximum Gasteiger partial charge on any atom is 0.0273 e. The molecule has 1 atom stereocenters. The Labute approximate surface area is 101 Å². The molecule has 1 unspecified atom stereocenters. The first-order chi connectivity index (χ1) is 7.49. The minimum atomic E-state index is 0.429. The number of nitrogens with two attached hydrogens (primary N) is 1. The lowest BCUT2D eigenvalue weighted by Gasteiger charge is -2.39. The number of nitrogens with one attached hydrogen (secondary N) is 1. The highest BCUT2D eigenvalue weighted by Gasteiger charge is 2.32. The van der Waals surface area contributed by atoms with Crippen LogP contribution in [0.15, 0.2) is 12.7 Å². The largest absolute Gasteiger partial charge is 0.271 e. The second-order valence-electron chi connectivity index (χ2n) is 6.28. The van der Waals surface area contributed by atoms with Crippen LogP contribution in [0.4, 0.5) is 0 Å². The van der Waals surface area contributed by atoms with Gasteiger partial charge < -0.3 is 0 Å². The number of hydrogen-bond acceptors (Lipinski definition) is 2. The molecule has 0 aromatic carbocycles. The minimum absolute atomic E-state index is 0.429. The van der Waals surface area contributed by atoms with Crippen molar-refractivity contribution < 1.29 is 0 Å². The third-order valence-corrected chi connectivity index (χ3v) is 4.20. The van der Waals surface area contributed by atoms with Gasteiger partial charge in [0.15, 0.2) is 0 Å². The van der Waals surface area contributed by atoms with Gasteiger partial charge in [-0.15, -0.1) is 6.58 Å². The first-order valence-electron chi connectivity index (χ1n) is 6.56. The Bertz CT molecular complexity index is 209. The van der Waals surface area contributed by atoms with Crippen LogP contribution in [0.2, 0.25) is 0 Å². The highest BCUT2D eigenvalue weighted by molar-refractivity contribution is 4.88. The molecule has 1 aliphatic rings. The van der Waals surface area contributed by atoms with Crippen LogP contribution in [-0.2, 0) is 0 Å². The van der Waals surface area contributed by atoms with Crippen molar-refractivity contribution in [3.05, 3.63) is 12.7 Å². The Morgan fingerprint density at radius 3 is 2.25 bits per heavy atom. The van der Waals surface area contributed by atoms with Crippen molar-refractivity contribution in [1.29, 1.82) is 0 Å². The maximum atomic E-state index is 5.61. The average Bonchev–Trinajstić information content (AvgIpc) is 2.25. The quantitative estimate of drug-likeness (QED) is 0.437. The topological polar surface area (TPSA) is 38.0 Å². The lowest BCUT2D eigenvalue weighted by Crippen LogP contribution is -2.42. The molecule has 1 saturated carbocycles. The highest BCUT2D eigenvalue weighted by atomic mass is 15.2. The molecule has 0 aromatic heterocycles. The fourth-order valence-electron chi connectivity index (χ4n) is 2.96. The maximum absolute atomic E-state index is 5.61. The molecule has 2 heteroatoms. The van der Waals surface area contributed by atoms with E-state index >= 15 is 0 Å². The van der Waals surface area contributed by atoms with E-state index in [4.69, 9.17) is 5.84 Å². The molecule has 1 aliphatic carbocycles. The van der Waals surface area contributed by atoms with Crippen LogP contribution in [0.1, 0.15) is 52.9 Å². The van der Waals surface area contributed by atoms with Crippen molar-refractivity contribution in [2.24, 2.45) is 23.1 Å². The summed E-state index contributed by atoms with van der Waals surface area (Å²) >= 11 is 0. The van der Waals surface area contributed by atoms with Crippen LogP contribution in [0.5, 0.6) is 0 Å². The zero-order valence-corrected chi connectivity index (χ0v) is 11.1. The van der Waals surface area contributed by atoms with E-state index in [-0.39, 0.29) is 0 Å². The zero-order valence-electron chi connectivity index (χ0n) is 11.1. The van der Waals surface area contributed by atoms with Gasteiger partial charge >= 0.3 is 0 Å². The normalized spacial score (nSPS) is 28.8. The van der Waals surface area contributed by atoms with Crippen molar-refractivity contribution in [3.63, 3.8) is 0 Å². The molecule has 2 nitrogen and oxygen atoms in total. The molecule has 94 valence electrons. The molecule has 0 aliphatic heterocycles. The molecule has 16 heavy (non-hydrogen) atoms. The second-order valence-corrected chi connectivity index (χ2v) is 6.28. The Hall–Kier alpha value is -0.340. The predicted octanol–water partition coefficient (Wildman–Crippen LogP) is 3.25. The van der Waals surface area contributed by atoms with E-state index in [0.717, 1.165) is 18.3 Å². The van der Waals surface area contributed by atoms with Gasteiger partial charge in [-0.3, -0.25) is 11.3 Å². The van der Waals surface area contributed by atoms with E-state index in [0.29, 0.717) is 11.5 Å². The Morgan fingerprint density at radius 1 is 1.31 bits per heavy atom. The van der Waals surface area contributed by atoms with Gasteiger partial charge in [0.05, 0.1) is 0 Å². The first kappa shape index (κ1) is 13.7. The minimum Gasteiger partial charge on any atom is -0.271 e. The van der Waals surface area contributed by atoms with Gasteiger partial charge in [0.25, 0.3) is 0 Å². The standard InChI is InChI=1S/C14H28N2/c1-5-6-13(16-15)11-7-9-12(10-8-11)14(2,3)4/h5,11-13,16H,1,6-10,15H2,2-4H3. The summed E-state index contributed by atoms with van der Waals surface area (Å²) in [6.07, 6.45) is 8.28. The third kappa shape index (κ3) is 3.60. The molecule has 1 fully saturated rings. The van der Waals surface area contributed by atoms with E-state index < -0.39 is 0 Å². The van der Waals surface area contributed by atoms with Crippen molar-refractivity contribution in [2.75, 3.05) is 0 Å². The first-order valence-corrected chi connectivity index (χ1v) is 6.56. The summed E-state index contributed by atoms with van der Waals surface area (Å²) < 4.78 is 0. The van der Waals surface area contributed by atoms with Crippen molar-refractivity contribution in [3.8, 4) is 0 Å². The molecule has 1 rings (SSSR count). The van der Waals surface area contributed by atoms with Gasteiger partial charge in [0.1, 0.15) is 0 Å². The lowest BCUT2D eigenvalue weighted by molar-refractivity contribution is 0.133. The van der Waals surface area contributed by atoms with Gasteiger partial charge in [-0.05, 0) is 49.4 Å². The van der Waals surface area contributed by atoms with Crippen LogP contribution < -0.4 is 11.3 Å². The average molecular weight is 224 g/mol. The second kappa shape index (κ2) is 5.83. The number of hydrazine groups is 1. The highest BCUT2D eigenvalue weighted by Crippen LogP contribution is 2.40. The summed E-state index contributed by atoms with van der Waals surface area (Å²) in [5.74, 6) is 7.23. The SMILES string of the molecule is C=CCC(NN)C1CCC(C(C)(C)C)CC1. The number of hydrogen-bond donors (Lipinski definition) is 2. The van der Waals surface area contributed by atoms with E-state index in [2.05, 4.69) is 32.8 Å². The van der Waals surface area contributed by atoms with Crippen molar-refractivity contribution in [1.82, 2.24) is 5.43 Å². The fourth-order valence-corrected chi connectivity index (χ4v) is 2.96. The van der Waals surface area contributed by atoms with Crippen molar-refractivity contribution in [2.45, 2.75) is 58.9 Å². The molecule has 0 amide bonds. The van der Waals surface area contributed by atoms with Crippen LogP contribution in [0.3, 0.4) is 0 Å². The third-order valence-electron chi connectivity index (χ3n) is 4.20. The molecule has 0 saturated heterocycles. The van der Waals surface area contributed by atoms with E-state index in [1.54, 1.807) is 0 Å². The summed E-state index contributed by atoms with van der Waals surface area (Å²) in [5.41, 5.74) is 3.42. The Kier molecular flexibility index (Phi) is 5.00. The number of rotatable bonds is 4. The van der Waals surface area contributed by atoms with Gasteiger partial charge in [-0.25, -0.2) is 0 Å². The molecule has 3 N–H and O–H groups in total. The molecule has 0 radical (unpaired) electrons. The van der Waals surface area contributed by atoms with Gasteiger partial charge in [0, 0.05) is 6.04 Å². The van der Waals surface area contributed by atoms with Crippen molar-refractivity contribution >= 4 is 0 Å². The summed E-state index contributed by atoms with van der Waals surface area (Å²) in [4.78, 5) is 0. The molecule has 0 bridgehead atoms. The summed E-state index contributed by atoms with van der Waals surface area (Å²) in [7, 11) is 0. The molecule has 0 spiro atoms. The molecule has 0 aromatic rings. The van der Waals surface area contributed by atoms with Crippen LogP contribution in [0, 0.1) is 17.3 Å². The van der Waals surface area contributed by atoms with Gasteiger partial charge in [-0.2, -0.15) is 0 Å². The summed E-state index contributed by atoms with van der Waals surface area (Å²) in [6.45, 7) is 10.9. The molecular weight excluding hydrogens is 196 g/mol. The summed E-state index contributed by atoms with van der Waals surface area (Å²) in [5, 5.41) is 0. The molecular formula is C14H28N2. The fraction of sp³-hybridized carbons (Fsp3) is 0.857. The van der Waals surface area contributed by atoms with Crippen LogP contribution >= 0.6 is 0 Å². The van der Waals surface area contributed by atoms with E-state index in [1.807, 2.05) is 6.08 Å². The smallest absolute Gasteiger partial charge is 0.0273 e. The summed E-state index contributed by atoms with van der Waals surface area (Å²) in [6, 6.07) is 0.429. The van der Waals surface area contributed by atoms with Gasteiger partial charge in [-0.1, -0.05) is 26.8 Å². The Balaban J connectivity index is 2.44. The zero-order chi connectivity index (χ0) is 12.2. The molecule has 0 heterocycles. The monoisotopic (exact) mass is 224 g/mol. The van der Waals surface area contributed by atoms with E-state index in [1.165, 1.54) is 25.7 Å². The predicted molar refractivity (Wildman–Crippen MR) is 70.8 cm³/mol. The van der Waals surface area contributed by atoms with Crippen LogP contribution in [-0.4, -0.2) is 6.04 Å². The Morgan fingerprint density at radius 2 is 1.88 bits per heavy atom. The van der Waals surface area contributed by atoms with Gasteiger partial charge in [0.2, 0.25) is 0 Å².